The highest BCUT2D eigenvalue weighted by Crippen LogP contribution is 2.32. The molecule has 1 aromatic heterocycles. The summed E-state index contributed by atoms with van der Waals surface area (Å²) < 4.78 is 0. The summed E-state index contributed by atoms with van der Waals surface area (Å²) in [5, 5.41) is 7.12. The highest BCUT2D eigenvalue weighted by atomic mass is 35.5. The van der Waals surface area contributed by atoms with Crippen molar-refractivity contribution in [2.75, 3.05) is 5.32 Å². The van der Waals surface area contributed by atoms with Crippen LogP contribution in [0.15, 0.2) is 24.3 Å². The molecule has 3 rings (SSSR count). The van der Waals surface area contributed by atoms with Gasteiger partial charge in [0.2, 0.25) is 0 Å². The number of para-hydroxylation sites is 1. The van der Waals surface area contributed by atoms with Crippen LogP contribution in [0.3, 0.4) is 0 Å². The maximum Gasteiger partial charge on any atom is 0.270 e. The summed E-state index contributed by atoms with van der Waals surface area (Å²) in [6, 6.07) is 7.08. The third-order valence-corrected chi connectivity index (χ3v) is 4.86. The van der Waals surface area contributed by atoms with Gasteiger partial charge in [0.1, 0.15) is 17.3 Å². The SMILES string of the molecule is Cc1nc(Nc2c(Cl)cccc2Cl)cc(C(=O)NC2CCCCC2)n1. The molecule has 0 unspecified atom stereocenters. The molecule has 1 saturated carbocycles. The number of hydrogen-bond donors (Lipinski definition) is 2. The van der Waals surface area contributed by atoms with Gasteiger partial charge in [0.25, 0.3) is 5.91 Å². The molecule has 0 aliphatic heterocycles. The van der Waals surface area contributed by atoms with Crippen LogP contribution in [-0.4, -0.2) is 21.9 Å². The number of anilines is 2. The first-order chi connectivity index (χ1) is 12.0. The van der Waals surface area contributed by atoms with Gasteiger partial charge in [-0.25, -0.2) is 9.97 Å². The van der Waals surface area contributed by atoms with Crippen molar-refractivity contribution < 1.29 is 4.79 Å². The minimum atomic E-state index is -0.175. The Morgan fingerprint density at radius 2 is 1.80 bits per heavy atom. The minimum absolute atomic E-state index is 0.175. The van der Waals surface area contributed by atoms with Crippen molar-refractivity contribution in [2.24, 2.45) is 0 Å². The molecular weight excluding hydrogens is 359 g/mol. The molecule has 0 radical (unpaired) electrons. The molecule has 0 spiro atoms. The van der Waals surface area contributed by atoms with E-state index in [-0.39, 0.29) is 11.9 Å². The number of hydrogen-bond acceptors (Lipinski definition) is 4. The zero-order valence-electron chi connectivity index (χ0n) is 14.0. The number of aryl methyl sites for hydroxylation is 1. The summed E-state index contributed by atoms with van der Waals surface area (Å²) in [6.07, 6.45) is 5.61. The van der Waals surface area contributed by atoms with Crippen LogP contribution < -0.4 is 10.6 Å². The van der Waals surface area contributed by atoms with Crippen molar-refractivity contribution >= 4 is 40.6 Å². The van der Waals surface area contributed by atoms with E-state index in [1.807, 2.05) is 0 Å². The molecule has 1 fully saturated rings. The fraction of sp³-hybridized carbons (Fsp3) is 0.389. The van der Waals surface area contributed by atoms with E-state index in [0.29, 0.717) is 33.1 Å². The second-order valence-corrected chi connectivity index (χ2v) is 7.03. The van der Waals surface area contributed by atoms with E-state index in [0.717, 1.165) is 25.7 Å². The van der Waals surface area contributed by atoms with Crippen molar-refractivity contribution in [1.82, 2.24) is 15.3 Å². The van der Waals surface area contributed by atoms with Crippen LogP contribution in [0.2, 0.25) is 10.0 Å². The molecule has 2 aromatic rings. The number of carbonyl (C=O) groups excluding carboxylic acids is 1. The zero-order valence-corrected chi connectivity index (χ0v) is 15.5. The Labute approximate surface area is 157 Å². The Morgan fingerprint density at radius 3 is 2.48 bits per heavy atom. The quantitative estimate of drug-likeness (QED) is 0.793. The number of aromatic nitrogens is 2. The highest BCUT2D eigenvalue weighted by Gasteiger charge is 2.18. The molecule has 0 saturated heterocycles. The predicted molar refractivity (Wildman–Crippen MR) is 101 cm³/mol. The van der Waals surface area contributed by atoms with Gasteiger partial charge >= 0.3 is 0 Å². The van der Waals surface area contributed by atoms with E-state index in [2.05, 4.69) is 20.6 Å². The second kappa shape index (κ2) is 8.02. The van der Waals surface area contributed by atoms with Crippen LogP contribution >= 0.6 is 23.2 Å². The van der Waals surface area contributed by atoms with E-state index in [9.17, 15) is 4.79 Å². The molecule has 0 atom stereocenters. The van der Waals surface area contributed by atoms with Crippen molar-refractivity contribution in [3.63, 3.8) is 0 Å². The monoisotopic (exact) mass is 378 g/mol. The third kappa shape index (κ3) is 4.61. The number of rotatable bonds is 4. The summed E-state index contributed by atoms with van der Waals surface area (Å²) in [6.45, 7) is 1.75. The van der Waals surface area contributed by atoms with E-state index in [1.165, 1.54) is 6.42 Å². The molecule has 5 nitrogen and oxygen atoms in total. The lowest BCUT2D eigenvalue weighted by atomic mass is 9.95. The molecular formula is C18H20Cl2N4O. The Hall–Kier alpha value is -1.85. The minimum Gasteiger partial charge on any atom is -0.348 e. The Morgan fingerprint density at radius 1 is 1.12 bits per heavy atom. The molecule has 1 aliphatic carbocycles. The molecule has 0 bridgehead atoms. The van der Waals surface area contributed by atoms with E-state index in [1.54, 1.807) is 31.2 Å². The van der Waals surface area contributed by atoms with Crippen LogP contribution in [0.25, 0.3) is 0 Å². The molecule has 1 amide bonds. The summed E-state index contributed by atoms with van der Waals surface area (Å²) in [4.78, 5) is 21.1. The first-order valence-corrected chi connectivity index (χ1v) is 9.16. The van der Waals surface area contributed by atoms with Crippen LogP contribution in [-0.2, 0) is 0 Å². The average Bonchev–Trinajstić information content (AvgIpc) is 2.59. The standard InChI is InChI=1S/C18H20Cl2N4O/c1-11-21-15(18(25)23-12-6-3-2-4-7-12)10-16(22-11)24-17-13(19)8-5-9-14(17)20/h5,8-10,12H,2-4,6-7H2,1H3,(H,23,25)(H,21,22,24). The van der Waals surface area contributed by atoms with Crippen LogP contribution in [0.5, 0.6) is 0 Å². The third-order valence-electron chi connectivity index (χ3n) is 4.23. The lowest BCUT2D eigenvalue weighted by Crippen LogP contribution is -2.36. The number of nitrogens with zero attached hydrogens (tertiary/aromatic N) is 2. The Bertz CT molecular complexity index is 755. The van der Waals surface area contributed by atoms with Crippen molar-refractivity contribution in [1.29, 1.82) is 0 Å². The fourth-order valence-corrected chi connectivity index (χ4v) is 3.49. The Balaban J connectivity index is 1.79. The number of amides is 1. The number of halogens is 2. The van der Waals surface area contributed by atoms with Crippen molar-refractivity contribution in [2.45, 2.75) is 45.1 Å². The largest absolute Gasteiger partial charge is 0.348 e. The van der Waals surface area contributed by atoms with Gasteiger partial charge in [-0.2, -0.15) is 0 Å². The van der Waals surface area contributed by atoms with E-state index < -0.39 is 0 Å². The van der Waals surface area contributed by atoms with Crippen molar-refractivity contribution in [3.8, 4) is 0 Å². The van der Waals surface area contributed by atoms with Crippen LogP contribution in [0.1, 0.15) is 48.4 Å². The lowest BCUT2D eigenvalue weighted by molar-refractivity contribution is 0.0922. The van der Waals surface area contributed by atoms with Gasteiger partial charge in [-0.3, -0.25) is 4.79 Å². The first-order valence-electron chi connectivity index (χ1n) is 8.40. The zero-order chi connectivity index (χ0) is 17.8. The van der Waals surface area contributed by atoms with E-state index in [4.69, 9.17) is 23.2 Å². The van der Waals surface area contributed by atoms with Gasteiger partial charge in [0.15, 0.2) is 0 Å². The van der Waals surface area contributed by atoms with E-state index >= 15 is 0 Å². The number of carbonyl (C=O) groups is 1. The Kier molecular flexibility index (Phi) is 5.76. The maximum atomic E-state index is 12.5. The molecule has 1 aliphatic rings. The summed E-state index contributed by atoms with van der Waals surface area (Å²) in [7, 11) is 0. The molecule has 1 heterocycles. The first kappa shape index (κ1) is 18.0. The smallest absolute Gasteiger partial charge is 0.270 e. The number of benzene rings is 1. The summed E-state index contributed by atoms with van der Waals surface area (Å²) in [5.74, 6) is 0.809. The fourth-order valence-electron chi connectivity index (χ4n) is 3.00. The molecule has 7 heteroatoms. The maximum absolute atomic E-state index is 12.5. The predicted octanol–water partition coefficient (Wildman–Crippen LogP) is 4.90. The van der Waals surface area contributed by atoms with Gasteiger partial charge in [-0.05, 0) is 31.9 Å². The number of nitrogens with one attached hydrogen (secondary N) is 2. The van der Waals surface area contributed by atoms with Crippen LogP contribution in [0.4, 0.5) is 11.5 Å². The topological polar surface area (TPSA) is 66.9 Å². The van der Waals surface area contributed by atoms with Crippen LogP contribution in [0, 0.1) is 6.92 Å². The van der Waals surface area contributed by atoms with Gasteiger partial charge in [0, 0.05) is 12.1 Å². The lowest BCUT2D eigenvalue weighted by Gasteiger charge is -2.22. The van der Waals surface area contributed by atoms with Gasteiger partial charge in [0.05, 0.1) is 15.7 Å². The van der Waals surface area contributed by atoms with Gasteiger partial charge < -0.3 is 10.6 Å². The van der Waals surface area contributed by atoms with Crippen molar-refractivity contribution in [3.05, 3.63) is 45.8 Å². The summed E-state index contributed by atoms with van der Waals surface area (Å²) >= 11 is 12.4. The van der Waals surface area contributed by atoms with Gasteiger partial charge in [-0.1, -0.05) is 48.5 Å². The molecule has 2 N–H and O–H groups in total. The normalized spacial score (nSPS) is 15.0. The van der Waals surface area contributed by atoms with Gasteiger partial charge in [-0.15, -0.1) is 0 Å². The molecule has 1 aromatic carbocycles. The highest BCUT2D eigenvalue weighted by molar-refractivity contribution is 6.39. The molecule has 25 heavy (non-hydrogen) atoms. The average molecular weight is 379 g/mol. The second-order valence-electron chi connectivity index (χ2n) is 6.22. The molecule has 132 valence electrons. The summed E-state index contributed by atoms with van der Waals surface area (Å²) in [5.41, 5.74) is 0.895.